The minimum Gasteiger partial charge on any atom is -0.439 e. The maximum atomic E-state index is 6.06. The number of pyridine rings is 1. The van der Waals surface area contributed by atoms with Gasteiger partial charge in [0.05, 0.1) is 0 Å². The lowest BCUT2D eigenvalue weighted by Gasteiger charge is -2.11. The summed E-state index contributed by atoms with van der Waals surface area (Å²) in [6, 6.07) is 21.1. The maximum Gasteiger partial charge on any atom is 0.219 e. The molecule has 0 amide bonds. The second kappa shape index (κ2) is 6.21. The van der Waals surface area contributed by atoms with E-state index in [9.17, 15) is 0 Å². The Hall–Kier alpha value is -2.87. The molecule has 0 unspecified atom stereocenters. The minimum absolute atomic E-state index is 0.471. The fraction of sp³-hybridized carbons (Fsp3) is 0.174. The largest absolute Gasteiger partial charge is 0.439 e. The number of hydrogen-bond acceptors (Lipinski definition) is 2. The summed E-state index contributed by atoms with van der Waals surface area (Å²) in [7, 11) is 0. The summed E-state index contributed by atoms with van der Waals surface area (Å²) in [5.41, 5.74) is 2.48. The van der Waals surface area contributed by atoms with Crippen molar-refractivity contribution < 1.29 is 4.74 Å². The third kappa shape index (κ3) is 3.20. The number of aryl methyl sites for hydroxylation is 1. The molecule has 0 atom stereocenters. The maximum absolute atomic E-state index is 6.06. The smallest absolute Gasteiger partial charge is 0.219 e. The standard InChI is InChI=1S/C23H21NO/c1-15(2)19-8-16(3)9-22(12-19)25-23-13-20-10-17-6-4-5-7-18(17)11-21(20)14-24-23/h4-15H,1-3H3. The van der Waals surface area contributed by atoms with Gasteiger partial charge in [-0.3, -0.25) is 0 Å². The van der Waals surface area contributed by atoms with E-state index in [0.717, 1.165) is 16.5 Å². The SMILES string of the molecule is Cc1cc(Oc2cc3cc4ccccc4cc3cn2)cc(C(C)C)c1. The summed E-state index contributed by atoms with van der Waals surface area (Å²) in [6.07, 6.45) is 1.89. The molecule has 2 nitrogen and oxygen atoms in total. The monoisotopic (exact) mass is 327 g/mol. The number of rotatable bonds is 3. The van der Waals surface area contributed by atoms with E-state index < -0.39 is 0 Å². The van der Waals surface area contributed by atoms with Crippen LogP contribution in [0.3, 0.4) is 0 Å². The zero-order valence-corrected chi connectivity index (χ0v) is 14.8. The Labute approximate surface area is 148 Å². The van der Waals surface area contributed by atoms with Crippen LogP contribution in [-0.4, -0.2) is 4.98 Å². The fourth-order valence-electron chi connectivity index (χ4n) is 3.16. The summed E-state index contributed by atoms with van der Waals surface area (Å²) in [6.45, 7) is 6.48. The van der Waals surface area contributed by atoms with Crippen molar-refractivity contribution in [3.63, 3.8) is 0 Å². The lowest BCUT2D eigenvalue weighted by molar-refractivity contribution is 0.462. The van der Waals surface area contributed by atoms with E-state index in [1.807, 2.05) is 12.3 Å². The van der Waals surface area contributed by atoms with Gasteiger partial charge >= 0.3 is 0 Å². The van der Waals surface area contributed by atoms with Gasteiger partial charge in [-0.15, -0.1) is 0 Å². The molecule has 0 N–H and O–H groups in total. The lowest BCUT2D eigenvalue weighted by atomic mass is 10.0. The van der Waals surface area contributed by atoms with Gasteiger partial charge in [-0.1, -0.05) is 44.2 Å². The van der Waals surface area contributed by atoms with Crippen LogP contribution in [0.2, 0.25) is 0 Å². The average molecular weight is 327 g/mol. The highest BCUT2D eigenvalue weighted by Crippen LogP contribution is 2.29. The second-order valence-corrected chi connectivity index (χ2v) is 6.91. The van der Waals surface area contributed by atoms with Gasteiger partial charge in [-0.25, -0.2) is 4.98 Å². The van der Waals surface area contributed by atoms with E-state index in [1.165, 1.54) is 21.9 Å². The first-order valence-corrected chi connectivity index (χ1v) is 8.66. The van der Waals surface area contributed by atoms with Gasteiger partial charge in [0.1, 0.15) is 5.75 Å². The van der Waals surface area contributed by atoms with Crippen LogP contribution in [0.1, 0.15) is 30.9 Å². The van der Waals surface area contributed by atoms with Gasteiger partial charge in [-0.05, 0) is 64.4 Å². The number of nitrogens with zero attached hydrogens (tertiary/aromatic N) is 1. The Balaban J connectivity index is 1.73. The predicted octanol–water partition coefficient (Wildman–Crippen LogP) is 6.61. The first-order valence-electron chi connectivity index (χ1n) is 8.66. The average Bonchev–Trinajstić information content (AvgIpc) is 2.59. The van der Waals surface area contributed by atoms with Gasteiger partial charge < -0.3 is 4.74 Å². The van der Waals surface area contributed by atoms with Gasteiger partial charge in [-0.2, -0.15) is 0 Å². The molecule has 124 valence electrons. The molecule has 0 spiro atoms. The molecule has 0 saturated heterocycles. The number of benzene rings is 3. The Morgan fingerprint density at radius 2 is 1.52 bits per heavy atom. The van der Waals surface area contributed by atoms with Gasteiger partial charge in [0.2, 0.25) is 5.88 Å². The molecule has 0 aliphatic carbocycles. The number of hydrogen-bond donors (Lipinski definition) is 0. The van der Waals surface area contributed by atoms with Crippen LogP contribution < -0.4 is 4.74 Å². The molecular weight excluding hydrogens is 306 g/mol. The Morgan fingerprint density at radius 3 is 2.24 bits per heavy atom. The van der Waals surface area contributed by atoms with Gasteiger partial charge in [0, 0.05) is 17.6 Å². The summed E-state index contributed by atoms with van der Waals surface area (Å²) in [4.78, 5) is 4.49. The van der Waals surface area contributed by atoms with Gasteiger partial charge in [0.25, 0.3) is 0 Å². The highest BCUT2D eigenvalue weighted by atomic mass is 16.5. The Bertz CT molecular complexity index is 1070. The third-order valence-electron chi connectivity index (χ3n) is 4.52. The van der Waals surface area contributed by atoms with Crippen LogP contribution in [0.5, 0.6) is 11.6 Å². The number of ether oxygens (including phenoxy) is 1. The summed E-state index contributed by atoms with van der Waals surface area (Å²) < 4.78 is 6.06. The predicted molar refractivity (Wildman–Crippen MR) is 105 cm³/mol. The van der Waals surface area contributed by atoms with Crippen molar-refractivity contribution >= 4 is 21.5 Å². The molecule has 4 aromatic rings. The normalized spacial score (nSPS) is 11.4. The zero-order chi connectivity index (χ0) is 17.4. The summed E-state index contributed by atoms with van der Waals surface area (Å²) in [5.74, 6) is 1.94. The molecule has 0 fully saturated rings. The summed E-state index contributed by atoms with van der Waals surface area (Å²) >= 11 is 0. The van der Waals surface area contributed by atoms with Crippen molar-refractivity contribution in [3.8, 4) is 11.6 Å². The third-order valence-corrected chi connectivity index (χ3v) is 4.52. The molecule has 1 heterocycles. The first-order chi connectivity index (χ1) is 12.1. The van der Waals surface area contributed by atoms with Gasteiger partial charge in [0.15, 0.2) is 0 Å². The van der Waals surface area contributed by atoms with Crippen LogP contribution in [0, 0.1) is 6.92 Å². The van der Waals surface area contributed by atoms with E-state index in [-0.39, 0.29) is 0 Å². The number of aromatic nitrogens is 1. The van der Waals surface area contributed by atoms with E-state index in [2.05, 4.69) is 80.4 Å². The van der Waals surface area contributed by atoms with Crippen LogP contribution >= 0.6 is 0 Å². The molecule has 0 radical (unpaired) electrons. The summed E-state index contributed by atoms with van der Waals surface area (Å²) in [5, 5.41) is 4.72. The van der Waals surface area contributed by atoms with Crippen molar-refractivity contribution in [1.29, 1.82) is 0 Å². The quantitative estimate of drug-likeness (QED) is 0.395. The van der Waals surface area contributed by atoms with E-state index >= 15 is 0 Å². The highest BCUT2D eigenvalue weighted by Gasteiger charge is 2.07. The molecule has 1 aromatic heterocycles. The van der Waals surface area contributed by atoms with Crippen LogP contribution in [-0.2, 0) is 0 Å². The van der Waals surface area contributed by atoms with Crippen LogP contribution in [0.25, 0.3) is 21.5 Å². The minimum atomic E-state index is 0.471. The van der Waals surface area contributed by atoms with Crippen molar-refractivity contribution in [2.24, 2.45) is 0 Å². The molecule has 0 aliphatic heterocycles. The van der Waals surface area contributed by atoms with Crippen molar-refractivity contribution in [3.05, 3.63) is 78.0 Å². The molecule has 0 saturated carbocycles. The van der Waals surface area contributed by atoms with E-state index in [0.29, 0.717) is 11.8 Å². The molecule has 25 heavy (non-hydrogen) atoms. The fourth-order valence-corrected chi connectivity index (χ4v) is 3.16. The molecule has 0 bridgehead atoms. The zero-order valence-electron chi connectivity index (χ0n) is 14.8. The number of fused-ring (bicyclic) bond motifs is 2. The Morgan fingerprint density at radius 1 is 0.800 bits per heavy atom. The topological polar surface area (TPSA) is 22.1 Å². The first kappa shape index (κ1) is 15.6. The van der Waals surface area contributed by atoms with Crippen molar-refractivity contribution in [1.82, 2.24) is 4.98 Å². The molecule has 2 heteroatoms. The molecule has 3 aromatic carbocycles. The molecule has 0 aliphatic rings. The highest BCUT2D eigenvalue weighted by molar-refractivity contribution is 5.98. The van der Waals surface area contributed by atoms with Crippen molar-refractivity contribution in [2.75, 3.05) is 0 Å². The lowest BCUT2D eigenvalue weighted by Crippen LogP contribution is -1.93. The molecule has 4 rings (SSSR count). The van der Waals surface area contributed by atoms with Crippen LogP contribution in [0.15, 0.2) is 66.9 Å². The Kier molecular flexibility index (Phi) is 3.89. The van der Waals surface area contributed by atoms with Crippen LogP contribution in [0.4, 0.5) is 0 Å². The van der Waals surface area contributed by atoms with E-state index in [4.69, 9.17) is 4.74 Å². The second-order valence-electron chi connectivity index (χ2n) is 6.91. The van der Waals surface area contributed by atoms with Crippen molar-refractivity contribution in [2.45, 2.75) is 26.7 Å². The van der Waals surface area contributed by atoms with E-state index in [1.54, 1.807) is 0 Å². The molecular formula is C23H21NO.